The number of rotatable bonds is 4. The van der Waals surface area contributed by atoms with Crippen molar-refractivity contribution < 1.29 is 4.39 Å². The third-order valence-corrected chi connectivity index (χ3v) is 3.41. The SMILES string of the molecule is CCNC(c1ccnc(C)n1)c1cccc(Br)c1F. The van der Waals surface area contributed by atoms with Gasteiger partial charge in [0.05, 0.1) is 16.2 Å². The van der Waals surface area contributed by atoms with E-state index in [9.17, 15) is 4.39 Å². The molecule has 1 N–H and O–H groups in total. The molecular weight excluding hydrogens is 309 g/mol. The average molecular weight is 324 g/mol. The van der Waals surface area contributed by atoms with Crippen molar-refractivity contribution in [3.63, 3.8) is 0 Å². The summed E-state index contributed by atoms with van der Waals surface area (Å²) in [5.41, 5.74) is 1.35. The lowest BCUT2D eigenvalue weighted by Gasteiger charge is -2.19. The second kappa shape index (κ2) is 6.21. The first kappa shape index (κ1) is 14.1. The monoisotopic (exact) mass is 323 g/mol. The summed E-state index contributed by atoms with van der Waals surface area (Å²) >= 11 is 3.22. The lowest BCUT2D eigenvalue weighted by molar-refractivity contribution is 0.546. The molecule has 0 saturated carbocycles. The number of benzene rings is 1. The number of hydrogen-bond acceptors (Lipinski definition) is 3. The lowest BCUT2D eigenvalue weighted by Crippen LogP contribution is -2.24. The van der Waals surface area contributed by atoms with E-state index >= 15 is 0 Å². The average Bonchev–Trinajstić information content (AvgIpc) is 2.40. The van der Waals surface area contributed by atoms with Crippen LogP contribution in [-0.2, 0) is 0 Å². The molecule has 1 aromatic heterocycles. The zero-order valence-corrected chi connectivity index (χ0v) is 12.4. The zero-order chi connectivity index (χ0) is 13.8. The van der Waals surface area contributed by atoms with Gasteiger partial charge in [-0.1, -0.05) is 19.1 Å². The first-order valence-corrected chi connectivity index (χ1v) is 6.89. The van der Waals surface area contributed by atoms with Crippen molar-refractivity contribution in [1.29, 1.82) is 0 Å². The van der Waals surface area contributed by atoms with E-state index in [0.29, 0.717) is 15.9 Å². The van der Waals surface area contributed by atoms with Crippen LogP contribution in [-0.4, -0.2) is 16.5 Å². The summed E-state index contributed by atoms with van der Waals surface area (Å²) in [7, 11) is 0. The van der Waals surface area contributed by atoms with E-state index in [2.05, 4.69) is 31.2 Å². The minimum atomic E-state index is -0.274. The molecular formula is C14H15BrFN3. The number of halogens is 2. The van der Waals surface area contributed by atoms with Crippen LogP contribution >= 0.6 is 15.9 Å². The van der Waals surface area contributed by atoms with Crippen molar-refractivity contribution in [2.24, 2.45) is 0 Å². The van der Waals surface area contributed by atoms with Gasteiger partial charge in [-0.15, -0.1) is 0 Å². The standard InChI is InChI=1S/C14H15BrFN3/c1-3-17-14(12-7-8-18-9(2)19-12)10-5-4-6-11(15)13(10)16/h4-8,14,17H,3H2,1-2H3. The van der Waals surface area contributed by atoms with Gasteiger partial charge in [0, 0.05) is 11.8 Å². The van der Waals surface area contributed by atoms with Gasteiger partial charge in [-0.3, -0.25) is 0 Å². The summed E-state index contributed by atoms with van der Waals surface area (Å²) in [6, 6.07) is 6.81. The molecule has 0 bridgehead atoms. The summed E-state index contributed by atoms with van der Waals surface area (Å²) < 4.78 is 14.7. The van der Waals surface area contributed by atoms with E-state index in [4.69, 9.17) is 0 Å². The normalized spacial score (nSPS) is 12.4. The topological polar surface area (TPSA) is 37.8 Å². The maximum atomic E-state index is 14.2. The molecule has 0 amide bonds. The van der Waals surface area contributed by atoms with Gasteiger partial charge in [0.2, 0.25) is 0 Å². The molecule has 19 heavy (non-hydrogen) atoms. The molecule has 1 heterocycles. The van der Waals surface area contributed by atoms with Gasteiger partial charge >= 0.3 is 0 Å². The van der Waals surface area contributed by atoms with Crippen LogP contribution in [0.5, 0.6) is 0 Å². The minimum absolute atomic E-state index is 0.260. The molecule has 0 aliphatic carbocycles. The Bertz CT molecular complexity index is 574. The summed E-state index contributed by atoms with van der Waals surface area (Å²) in [6.45, 7) is 4.53. The van der Waals surface area contributed by atoms with Crippen LogP contribution in [0.15, 0.2) is 34.9 Å². The lowest BCUT2D eigenvalue weighted by atomic mass is 10.0. The molecule has 0 aliphatic heterocycles. The highest BCUT2D eigenvalue weighted by Gasteiger charge is 2.19. The summed E-state index contributed by atoms with van der Waals surface area (Å²) in [5.74, 6) is 0.417. The highest BCUT2D eigenvalue weighted by molar-refractivity contribution is 9.10. The molecule has 2 aromatic rings. The molecule has 100 valence electrons. The van der Waals surface area contributed by atoms with Crippen LogP contribution in [0.2, 0.25) is 0 Å². The van der Waals surface area contributed by atoms with Gasteiger partial charge < -0.3 is 5.32 Å². The first-order valence-electron chi connectivity index (χ1n) is 6.10. The van der Waals surface area contributed by atoms with Crippen LogP contribution in [0.4, 0.5) is 4.39 Å². The second-order valence-electron chi connectivity index (χ2n) is 4.16. The molecule has 0 aliphatic rings. The van der Waals surface area contributed by atoms with Crippen LogP contribution in [0, 0.1) is 12.7 Å². The molecule has 3 nitrogen and oxygen atoms in total. The van der Waals surface area contributed by atoms with Gasteiger partial charge in [0.1, 0.15) is 11.6 Å². The Hall–Kier alpha value is -1.33. The van der Waals surface area contributed by atoms with Gasteiger partial charge in [0.15, 0.2) is 0 Å². The van der Waals surface area contributed by atoms with E-state index in [-0.39, 0.29) is 11.9 Å². The zero-order valence-electron chi connectivity index (χ0n) is 10.8. The number of nitrogens with one attached hydrogen (secondary N) is 1. The molecule has 0 saturated heterocycles. The van der Waals surface area contributed by atoms with E-state index in [1.54, 1.807) is 24.4 Å². The second-order valence-corrected chi connectivity index (χ2v) is 5.02. The Labute approximate surface area is 120 Å². The summed E-state index contributed by atoms with van der Waals surface area (Å²) in [5, 5.41) is 3.26. The van der Waals surface area contributed by atoms with Crippen molar-refractivity contribution in [2.75, 3.05) is 6.54 Å². The fourth-order valence-electron chi connectivity index (χ4n) is 1.96. The Kier molecular flexibility index (Phi) is 4.61. The fraction of sp³-hybridized carbons (Fsp3) is 0.286. The highest BCUT2D eigenvalue weighted by atomic mass is 79.9. The summed E-state index contributed by atoms with van der Waals surface area (Å²) in [6.07, 6.45) is 1.69. The van der Waals surface area contributed by atoms with Crippen molar-refractivity contribution >= 4 is 15.9 Å². The van der Waals surface area contributed by atoms with Gasteiger partial charge in [-0.2, -0.15) is 0 Å². The minimum Gasteiger partial charge on any atom is -0.305 e. The van der Waals surface area contributed by atoms with Crippen LogP contribution < -0.4 is 5.32 Å². The number of aryl methyl sites for hydroxylation is 1. The fourth-order valence-corrected chi connectivity index (χ4v) is 2.34. The molecule has 0 spiro atoms. The highest BCUT2D eigenvalue weighted by Crippen LogP contribution is 2.27. The van der Waals surface area contributed by atoms with E-state index in [1.807, 2.05) is 19.9 Å². The molecule has 1 atom stereocenters. The largest absolute Gasteiger partial charge is 0.305 e. The number of hydrogen-bond donors (Lipinski definition) is 1. The van der Waals surface area contributed by atoms with Gasteiger partial charge in [0.25, 0.3) is 0 Å². The van der Waals surface area contributed by atoms with Crippen LogP contribution in [0.3, 0.4) is 0 Å². The molecule has 0 fully saturated rings. The number of nitrogens with zero attached hydrogens (tertiary/aromatic N) is 2. The Morgan fingerprint density at radius 2 is 2.16 bits per heavy atom. The Morgan fingerprint density at radius 1 is 1.37 bits per heavy atom. The molecule has 5 heteroatoms. The van der Waals surface area contributed by atoms with Crippen molar-refractivity contribution in [3.05, 3.63) is 57.8 Å². The van der Waals surface area contributed by atoms with Crippen molar-refractivity contribution in [3.8, 4) is 0 Å². The Balaban J connectivity index is 2.48. The Morgan fingerprint density at radius 3 is 2.84 bits per heavy atom. The molecule has 1 aromatic carbocycles. The van der Waals surface area contributed by atoms with E-state index < -0.39 is 0 Å². The third kappa shape index (κ3) is 3.16. The van der Waals surface area contributed by atoms with E-state index in [0.717, 1.165) is 12.2 Å². The van der Waals surface area contributed by atoms with Crippen molar-refractivity contribution in [1.82, 2.24) is 15.3 Å². The smallest absolute Gasteiger partial charge is 0.142 e. The summed E-state index contributed by atoms with van der Waals surface area (Å²) in [4.78, 5) is 8.46. The third-order valence-electron chi connectivity index (χ3n) is 2.79. The maximum absolute atomic E-state index is 14.2. The van der Waals surface area contributed by atoms with Crippen LogP contribution in [0.1, 0.15) is 30.0 Å². The molecule has 2 rings (SSSR count). The van der Waals surface area contributed by atoms with Crippen molar-refractivity contribution in [2.45, 2.75) is 19.9 Å². The van der Waals surface area contributed by atoms with Gasteiger partial charge in [-0.25, -0.2) is 14.4 Å². The van der Waals surface area contributed by atoms with E-state index in [1.165, 1.54) is 0 Å². The predicted octanol–water partition coefficient (Wildman–Crippen LogP) is 3.39. The molecule has 1 unspecified atom stereocenters. The number of aromatic nitrogens is 2. The quantitative estimate of drug-likeness (QED) is 0.937. The van der Waals surface area contributed by atoms with Gasteiger partial charge in [-0.05, 0) is 41.5 Å². The first-order chi connectivity index (χ1) is 9.13. The maximum Gasteiger partial charge on any atom is 0.142 e. The predicted molar refractivity (Wildman–Crippen MR) is 76.4 cm³/mol. The van der Waals surface area contributed by atoms with Crippen LogP contribution in [0.25, 0.3) is 0 Å². The molecule has 0 radical (unpaired) electrons.